The van der Waals surface area contributed by atoms with Crippen LogP contribution in [0.3, 0.4) is 0 Å². The first-order valence-electron chi connectivity index (χ1n) is 9.28. The Morgan fingerprint density at radius 3 is 2.11 bits per heavy atom. The quantitative estimate of drug-likeness (QED) is 0.416. The van der Waals surface area contributed by atoms with Crippen molar-refractivity contribution >= 4 is 11.8 Å². The lowest BCUT2D eigenvalue weighted by Gasteiger charge is -2.38. The van der Waals surface area contributed by atoms with Crippen molar-refractivity contribution in [2.75, 3.05) is 0 Å². The van der Waals surface area contributed by atoms with Crippen molar-refractivity contribution < 1.29 is 19.4 Å². The van der Waals surface area contributed by atoms with Crippen molar-refractivity contribution in [1.29, 1.82) is 0 Å². The molecule has 0 bridgehead atoms. The fourth-order valence-electron chi connectivity index (χ4n) is 3.09. The molecule has 3 unspecified atom stereocenters. The molecule has 0 aliphatic carbocycles. The number of hydrogen-bond donors (Lipinski definition) is 2. The van der Waals surface area contributed by atoms with E-state index in [1.54, 1.807) is 75.4 Å². The maximum absolute atomic E-state index is 12.9. The van der Waals surface area contributed by atoms with Crippen molar-refractivity contribution in [1.82, 2.24) is 0 Å². The minimum atomic E-state index is -1.61. The van der Waals surface area contributed by atoms with Gasteiger partial charge in [-0.1, -0.05) is 73.2 Å². The summed E-state index contributed by atoms with van der Waals surface area (Å²) in [6.07, 6.45) is 0.267. The monoisotopic (exact) mass is 381 g/mol. The van der Waals surface area contributed by atoms with Gasteiger partial charge in [0.1, 0.15) is 11.6 Å². The molecule has 0 aromatic heterocycles. The van der Waals surface area contributed by atoms with Gasteiger partial charge >= 0.3 is 5.97 Å². The van der Waals surface area contributed by atoms with Crippen LogP contribution in [0.2, 0.25) is 0 Å². The fraction of sp³-hybridized carbons (Fsp3) is 0.304. The summed E-state index contributed by atoms with van der Waals surface area (Å²) >= 11 is 0. The Balaban J connectivity index is 2.47. The Kier molecular flexibility index (Phi) is 7.26. The highest BCUT2D eigenvalue weighted by molar-refractivity contribution is 6.00. The Morgan fingerprint density at radius 2 is 1.61 bits per heavy atom. The highest BCUT2D eigenvalue weighted by Crippen LogP contribution is 2.33. The van der Waals surface area contributed by atoms with Crippen LogP contribution in [-0.2, 0) is 15.1 Å². The standard InChI is InChI=1S/C23H27NO4/c1-4-23(27,18-13-9-6-10-14-18)22(28-19(25)15-16(2)3)20(24)21(26)17-11-7-5-8-12-17/h5-15,20,22,27H,4,24H2,1-3H3. The molecule has 0 aliphatic heterocycles. The lowest BCUT2D eigenvalue weighted by Crippen LogP contribution is -2.55. The molecule has 28 heavy (non-hydrogen) atoms. The summed E-state index contributed by atoms with van der Waals surface area (Å²) in [7, 11) is 0. The molecule has 2 aromatic rings. The Hall–Kier alpha value is -2.76. The van der Waals surface area contributed by atoms with Crippen molar-refractivity contribution in [2.24, 2.45) is 5.73 Å². The molecule has 2 rings (SSSR count). The molecule has 0 amide bonds. The zero-order valence-corrected chi connectivity index (χ0v) is 16.5. The van der Waals surface area contributed by atoms with Gasteiger partial charge in [0, 0.05) is 11.6 Å². The summed E-state index contributed by atoms with van der Waals surface area (Å²) in [5, 5.41) is 11.5. The van der Waals surface area contributed by atoms with Gasteiger partial charge in [-0.05, 0) is 25.8 Å². The van der Waals surface area contributed by atoms with E-state index >= 15 is 0 Å². The Labute approximate surface area is 165 Å². The van der Waals surface area contributed by atoms with Crippen LogP contribution < -0.4 is 5.73 Å². The van der Waals surface area contributed by atoms with Gasteiger partial charge in [0.25, 0.3) is 0 Å². The zero-order chi connectivity index (χ0) is 20.7. The third-order valence-electron chi connectivity index (χ3n) is 4.62. The Bertz CT molecular complexity index is 828. The summed E-state index contributed by atoms with van der Waals surface area (Å²) in [5.41, 5.74) is 6.32. The van der Waals surface area contributed by atoms with E-state index in [4.69, 9.17) is 10.5 Å². The van der Waals surface area contributed by atoms with Crippen molar-refractivity contribution in [3.8, 4) is 0 Å². The van der Waals surface area contributed by atoms with E-state index in [1.807, 2.05) is 6.07 Å². The minimum Gasteiger partial charge on any atom is -0.454 e. The maximum Gasteiger partial charge on any atom is 0.331 e. The number of esters is 1. The lowest BCUT2D eigenvalue weighted by molar-refractivity contribution is -0.163. The number of nitrogens with two attached hydrogens (primary N) is 1. The molecule has 0 spiro atoms. The summed E-state index contributed by atoms with van der Waals surface area (Å²) < 4.78 is 5.57. The predicted molar refractivity (Wildman–Crippen MR) is 109 cm³/mol. The van der Waals surface area contributed by atoms with Crippen molar-refractivity contribution in [3.63, 3.8) is 0 Å². The van der Waals surface area contributed by atoms with Crippen LogP contribution in [0, 0.1) is 0 Å². The van der Waals surface area contributed by atoms with Gasteiger partial charge in [0.15, 0.2) is 11.9 Å². The third-order valence-corrected chi connectivity index (χ3v) is 4.62. The van der Waals surface area contributed by atoms with E-state index in [2.05, 4.69) is 0 Å². The molecule has 0 radical (unpaired) electrons. The number of ketones is 1. The van der Waals surface area contributed by atoms with Crippen LogP contribution >= 0.6 is 0 Å². The topological polar surface area (TPSA) is 89.6 Å². The second kappa shape index (κ2) is 9.44. The molecule has 5 heteroatoms. The number of hydrogen-bond acceptors (Lipinski definition) is 5. The summed E-state index contributed by atoms with van der Waals surface area (Å²) in [5.74, 6) is -1.05. The summed E-state index contributed by atoms with van der Waals surface area (Å²) in [4.78, 5) is 25.3. The summed E-state index contributed by atoms with van der Waals surface area (Å²) in [6, 6.07) is 16.1. The van der Waals surface area contributed by atoms with Crippen LogP contribution in [0.4, 0.5) is 0 Å². The number of benzene rings is 2. The average molecular weight is 381 g/mol. The SMILES string of the molecule is CCC(O)(c1ccccc1)C(OC(=O)C=C(C)C)C(N)C(=O)c1ccccc1. The minimum absolute atomic E-state index is 0.208. The van der Waals surface area contributed by atoms with Crippen LogP contribution in [0.25, 0.3) is 0 Å². The number of rotatable bonds is 8. The molecule has 0 aliphatic rings. The van der Waals surface area contributed by atoms with Gasteiger partial charge in [0.2, 0.25) is 0 Å². The first-order valence-corrected chi connectivity index (χ1v) is 9.28. The van der Waals surface area contributed by atoms with Gasteiger partial charge < -0.3 is 15.6 Å². The highest BCUT2D eigenvalue weighted by atomic mass is 16.6. The Morgan fingerprint density at radius 1 is 1.07 bits per heavy atom. The van der Waals surface area contributed by atoms with Crippen molar-refractivity contribution in [2.45, 2.75) is 44.9 Å². The molecule has 0 fully saturated rings. The number of Topliss-reactive ketones (excluding diaryl/α,β-unsaturated/α-hetero) is 1. The first-order chi connectivity index (χ1) is 13.3. The molecule has 2 aromatic carbocycles. The van der Waals surface area contributed by atoms with E-state index in [1.165, 1.54) is 6.08 Å². The number of carbonyl (C=O) groups excluding carboxylic acids is 2. The van der Waals surface area contributed by atoms with Gasteiger partial charge in [-0.25, -0.2) is 4.79 Å². The first kappa shape index (κ1) is 21.5. The fourth-order valence-corrected chi connectivity index (χ4v) is 3.09. The molecular formula is C23H27NO4. The van der Waals surface area contributed by atoms with Crippen LogP contribution in [-0.4, -0.2) is 29.0 Å². The van der Waals surface area contributed by atoms with E-state index < -0.39 is 29.5 Å². The summed E-state index contributed by atoms with van der Waals surface area (Å²) in [6.45, 7) is 5.28. The normalized spacial score (nSPS) is 15.0. The van der Waals surface area contributed by atoms with Gasteiger partial charge in [-0.15, -0.1) is 0 Å². The van der Waals surface area contributed by atoms with Crippen LogP contribution in [0.5, 0.6) is 0 Å². The van der Waals surface area contributed by atoms with Crippen molar-refractivity contribution in [3.05, 3.63) is 83.4 Å². The van der Waals surface area contributed by atoms with Gasteiger partial charge in [0.05, 0.1) is 0 Å². The molecule has 0 saturated carbocycles. The van der Waals surface area contributed by atoms with Crippen LogP contribution in [0.1, 0.15) is 43.1 Å². The lowest BCUT2D eigenvalue weighted by atomic mass is 9.80. The number of ether oxygens (including phenoxy) is 1. The smallest absolute Gasteiger partial charge is 0.331 e. The number of aliphatic hydroxyl groups is 1. The highest BCUT2D eigenvalue weighted by Gasteiger charge is 2.45. The third kappa shape index (κ3) is 4.94. The molecular weight excluding hydrogens is 354 g/mol. The zero-order valence-electron chi connectivity index (χ0n) is 16.5. The van der Waals surface area contributed by atoms with E-state index in [-0.39, 0.29) is 6.42 Å². The van der Waals surface area contributed by atoms with Crippen LogP contribution in [0.15, 0.2) is 72.3 Å². The average Bonchev–Trinajstić information content (AvgIpc) is 2.71. The van der Waals surface area contributed by atoms with Gasteiger partial charge in [-0.2, -0.15) is 0 Å². The largest absolute Gasteiger partial charge is 0.454 e. The predicted octanol–water partition coefficient (Wildman–Crippen LogP) is 3.37. The van der Waals surface area contributed by atoms with E-state index in [9.17, 15) is 14.7 Å². The maximum atomic E-state index is 12.9. The van der Waals surface area contributed by atoms with E-state index in [0.29, 0.717) is 11.1 Å². The van der Waals surface area contributed by atoms with Gasteiger partial charge in [-0.3, -0.25) is 4.79 Å². The molecule has 148 valence electrons. The molecule has 5 nitrogen and oxygen atoms in total. The second-order valence-electron chi connectivity index (χ2n) is 6.98. The second-order valence-corrected chi connectivity index (χ2v) is 6.98. The molecule has 3 atom stereocenters. The van der Waals surface area contributed by atoms with E-state index in [0.717, 1.165) is 5.57 Å². The molecule has 0 saturated heterocycles. The molecule has 3 N–H and O–H groups in total. The molecule has 0 heterocycles. The number of allylic oxidation sites excluding steroid dienone is 1. The number of carbonyl (C=O) groups is 2.